The van der Waals surface area contributed by atoms with Crippen molar-refractivity contribution in [3.8, 4) is 0 Å². The fourth-order valence-electron chi connectivity index (χ4n) is 2.38. The van der Waals surface area contributed by atoms with Crippen LogP contribution in [-0.4, -0.2) is 5.97 Å². The van der Waals surface area contributed by atoms with E-state index in [0.717, 1.165) is 16.7 Å². The molecular weight excluding hydrogens is 260 g/mol. The number of benzene rings is 2. The van der Waals surface area contributed by atoms with Gasteiger partial charge in [0.25, 0.3) is 0 Å². The molecule has 0 fully saturated rings. The average molecular weight is 276 g/mol. The Kier molecular flexibility index (Phi) is 3.97. The Balaban J connectivity index is 1.77. The molecule has 3 rings (SSSR count). The van der Waals surface area contributed by atoms with Crippen molar-refractivity contribution in [3.05, 3.63) is 89.5 Å². The van der Waals surface area contributed by atoms with Crippen LogP contribution >= 0.6 is 0 Å². The lowest BCUT2D eigenvalue weighted by molar-refractivity contribution is -0.144. The summed E-state index contributed by atoms with van der Waals surface area (Å²) in [5.74, 6) is -0.275. The number of cyclic esters (lactones) is 1. The Morgan fingerprint density at radius 3 is 2.29 bits per heavy atom. The first-order valence-electron chi connectivity index (χ1n) is 7.00. The number of ether oxygens (including phenoxy) is 1. The fourth-order valence-corrected chi connectivity index (χ4v) is 2.38. The number of hydrogen-bond acceptors (Lipinski definition) is 2. The van der Waals surface area contributed by atoms with Crippen LogP contribution in [0.25, 0.3) is 6.08 Å². The molecule has 1 heterocycles. The molecule has 0 aliphatic carbocycles. The van der Waals surface area contributed by atoms with Crippen LogP contribution in [0.15, 0.2) is 78.4 Å². The maximum atomic E-state index is 11.7. The minimum atomic E-state index is -0.275. The smallest absolute Gasteiger partial charge is 0.331 e. The standard InChI is InChI=1S/C19H16O2/c20-19-14-16(12-11-15-7-3-1-4-8-15)13-18(21-19)17-9-5-2-6-10-17/h1-12,14,18H,13H2/b12-11+. The lowest BCUT2D eigenvalue weighted by Crippen LogP contribution is -2.15. The Morgan fingerprint density at radius 2 is 1.57 bits per heavy atom. The van der Waals surface area contributed by atoms with Gasteiger partial charge in [0.15, 0.2) is 0 Å². The van der Waals surface area contributed by atoms with Crippen molar-refractivity contribution in [3.63, 3.8) is 0 Å². The Morgan fingerprint density at radius 1 is 0.905 bits per heavy atom. The van der Waals surface area contributed by atoms with E-state index in [1.54, 1.807) is 6.08 Å². The molecule has 104 valence electrons. The van der Waals surface area contributed by atoms with Gasteiger partial charge in [-0.25, -0.2) is 4.79 Å². The van der Waals surface area contributed by atoms with Crippen LogP contribution in [0.1, 0.15) is 23.7 Å². The van der Waals surface area contributed by atoms with Gasteiger partial charge in [0, 0.05) is 12.5 Å². The van der Waals surface area contributed by atoms with Gasteiger partial charge in [0.1, 0.15) is 6.10 Å². The van der Waals surface area contributed by atoms with Crippen molar-refractivity contribution in [2.45, 2.75) is 12.5 Å². The number of esters is 1. The largest absolute Gasteiger partial charge is 0.454 e. The minimum absolute atomic E-state index is 0.195. The highest BCUT2D eigenvalue weighted by molar-refractivity contribution is 5.85. The first-order valence-corrected chi connectivity index (χ1v) is 7.00. The second-order valence-electron chi connectivity index (χ2n) is 5.00. The van der Waals surface area contributed by atoms with Gasteiger partial charge in [-0.05, 0) is 16.7 Å². The van der Waals surface area contributed by atoms with Crippen LogP contribution in [0.5, 0.6) is 0 Å². The molecule has 1 aliphatic heterocycles. The highest BCUT2D eigenvalue weighted by Gasteiger charge is 2.21. The quantitative estimate of drug-likeness (QED) is 0.781. The van der Waals surface area contributed by atoms with Crippen molar-refractivity contribution < 1.29 is 9.53 Å². The van der Waals surface area contributed by atoms with E-state index >= 15 is 0 Å². The summed E-state index contributed by atoms with van der Waals surface area (Å²) in [6.45, 7) is 0. The maximum Gasteiger partial charge on any atom is 0.331 e. The van der Waals surface area contributed by atoms with E-state index in [2.05, 4.69) is 0 Å². The zero-order valence-corrected chi connectivity index (χ0v) is 11.6. The Bertz CT molecular complexity index is 669. The van der Waals surface area contributed by atoms with Gasteiger partial charge in [-0.1, -0.05) is 72.8 Å². The lowest BCUT2D eigenvalue weighted by Gasteiger charge is -2.22. The number of carbonyl (C=O) groups is 1. The highest BCUT2D eigenvalue weighted by Crippen LogP contribution is 2.29. The van der Waals surface area contributed by atoms with Crippen LogP contribution in [0, 0.1) is 0 Å². The number of hydrogen-bond donors (Lipinski definition) is 0. The summed E-state index contributed by atoms with van der Waals surface area (Å²) < 4.78 is 5.41. The summed E-state index contributed by atoms with van der Waals surface area (Å²) in [6, 6.07) is 19.9. The van der Waals surface area contributed by atoms with E-state index in [0.29, 0.717) is 6.42 Å². The molecule has 1 aliphatic rings. The molecule has 0 aromatic heterocycles. The van der Waals surface area contributed by atoms with Crippen LogP contribution in [0.3, 0.4) is 0 Å². The first-order chi connectivity index (χ1) is 10.3. The minimum Gasteiger partial charge on any atom is -0.454 e. The van der Waals surface area contributed by atoms with Crippen LogP contribution in [-0.2, 0) is 9.53 Å². The molecule has 0 bridgehead atoms. The normalized spacial score (nSPS) is 18.4. The van der Waals surface area contributed by atoms with Crippen molar-refractivity contribution in [2.24, 2.45) is 0 Å². The molecule has 1 atom stereocenters. The molecular formula is C19H16O2. The third kappa shape index (κ3) is 3.48. The second kappa shape index (κ2) is 6.23. The summed E-state index contributed by atoms with van der Waals surface area (Å²) in [5, 5.41) is 0. The molecule has 0 saturated carbocycles. The predicted octanol–water partition coefficient (Wildman–Crippen LogP) is 4.31. The summed E-state index contributed by atoms with van der Waals surface area (Å²) in [7, 11) is 0. The SMILES string of the molecule is O=C1C=C(/C=C/c2ccccc2)CC(c2ccccc2)O1. The Labute approximate surface area is 124 Å². The lowest BCUT2D eigenvalue weighted by atomic mass is 9.98. The molecule has 0 amide bonds. The third-order valence-corrected chi connectivity index (χ3v) is 3.44. The number of allylic oxidation sites excluding steroid dienone is 1. The molecule has 0 spiro atoms. The van der Waals surface area contributed by atoms with Gasteiger partial charge in [-0.15, -0.1) is 0 Å². The molecule has 0 N–H and O–H groups in total. The van der Waals surface area contributed by atoms with E-state index in [1.807, 2.05) is 72.8 Å². The molecule has 2 aromatic rings. The molecule has 0 saturated heterocycles. The topological polar surface area (TPSA) is 26.3 Å². The zero-order chi connectivity index (χ0) is 14.5. The van der Waals surface area contributed by atoms with Gasteiger partial charge in [-0.2, -0.15) is 0 Å². The average Bonchev–Trinajstić information content (AvgIpc) is 2.54. The van der Waals surface area contributed by atoms with E-state index in [4.69, 9.17) is 4.74 Å². The van der Waals surface area contributed by atoms with Crippen molar-refractivity contribution in [1.29, 1.82) is 0 Å². The van der Waals surface area contributed by atoms with E-state index in [-0.39, 0.29) is 12.1 Å². The van der Waals surface area contributed by atoms with E-state index < -0.39 is 0 Å². The monoisotopic (exact) mass is 276 g/mol. The predicted molar refractivity (Wildman–Crippen MR) is 83.5 cm³/mol. The van der Waals surface area contributed by atoms with Gasteiger partial charge in [-0.3, -0.25) is 0 Å². The molecule has 2 aromatic carbocycles. The third-order valence-electron chi connectivity index (χ3n) is 3.44. The number of rotatable bonds is 3. The maximum absolute atomic E-state index is 11.7. The molecule has 21 heavy (non-hydrogen) atoms. The van der Waals surface area contributed by atoms with Gasteiger partial charge in [0.2, 0.25) is 0 Å². The van der Waals surface area contributed by atoms with E-state index in [9.17, 15) is 4.79 Å². The molecule has 2 heteroatoms. The molecule has 1 unspecified atom stereocenters. The van der Waals surface area contributed by atoms with Crippen LogP contribution in [0.4, 0.5) is 0 Å². The summed E-state index contributed by atoms with van der Waals surface area (Å²) >= 11 is 0. The van der Waals surface area contributed by atoms with Crippen LogP contribution < -0.4 is 0 Å². The van der Waals surface area contributed by atoms with Gasteiger partial charge < -0.3 is 4.74 Å². The highest BCUT2D eigenvalue weighted by atomic mass is 16.5. The molecule has 0 radical (unpaired) electrons. The van der Waals surface area contributed by atoms with Crippen molar-refractivity contribution in [2.75, 3.05) is 0 Å². The zero-order valence-electron chi connectivity index (χ0n) is 11.6. The summed E-state index contributed by atoms with van der Waals surface area (Å²) in [5.41, 5.74) is 3.14. The molecule has 2 nitrogen and oxygen atoms in total. The first kappa shape index (κ1) is 13.4. The van der Waals surface area contributed by atoms with Crippen molar-refractivity contribution in [1.82, 2.24) is 0 Å². The number of carbonyl (C=O) groups excluding carboxylic acids is 1. The Hall–Kier alpha value is -2.61. The van der Waals surface area contributed by atoms with Crippen LogP contribution in [0.2, 0.25) is 0 Å². The summed E-state index contributed by atoms with van der Waals surface area (Å²) in [4.78, 5) is 11.7. The van der Waals surface area contributed by atoms with E-state index in [1.165, 1.54) is 0 Å². The van der Waals surface area contributed by atoms with Gasteiger partial charge in [0.05, 0.1) is 0 Å². The fraction of sp³-hybridized carbons (Fsp3) is 0.105. The van der Waals surface area contributed by atoms with Crippen molar-refractivity contribution >= 4 is 12.0 Å². The second-order valence-corrected chi connectivity index (χ2v) is 5.00. The summed E-state index contributed by atoms with van der Waals surface area (Å²) in [6.07, 6.45) is 6.09. The van der Waals surface area contributed by atoms with Gasteiger partial charge >= 0.3 is 5.97 Å².